The molecule has 0 bridgehead atoms. The second-order valence-corrected chi connectivity index (χ2v) is 7.69. The number of hydrogen-bond acceptors (Lipinski definition) is 5. The van der Waals surface area contributed by atoms with Crippen LogP contribution in [-0.2, 0) is 19.3 Å². The average molecular weight is 291 g/mol. The van der Waals surface area contributed by atoms with E-state index >= 15 is 0 Å². The molecular formula is C13H25NO4S. The zero-order chi connectivity index (χ0) is 13.7. The van der Waals surface area contributed by atoms with E-state index in [1.807, 2.05) is 0 Å². The molecule has 5 nitrogen and oxygen atoms in total. The number of sulfone groups is 1. The summed E-state index contributed by atoms with van der Waals surface area (Å²) in [5.74, 6) is 0.144. The van der Waals surface area contributed by atoms with Gasteiger partial charge in [-0.3, -0.25) is 0 Å². The van der Waals surface area contributed by atoms with Gasteiger partial charge in [0.05, 0.1) is 18.5 Å². The van der Waals surface area contributed by atoms with Crippen LogP contribution in [0.1, 0.15) is 32.6 Å². The fraction of sp³-hybridized carbons (Fsp3) is 1.00. The van der Waals surface area contributed by atoms with Gasteiger partial charge in [0, 0.05) is 19.3 Å². The topological polar surface area (TPSA) is 64.6 Å². The van der Waals surface area contributed by atoms with E-state index < -0.39 is 15.1 Å². The van der Waals surface area contributed by atoms with Gasteiger partial charge in [0.25, 0.3) is 0 Å². The Morgan fingerprint density at radius 3 is 2.79 bits per heavy atom. The Balaban J connectivity index is 1.98. The third-order valence-electron chi connectivity index (χ3n) is 3.86. The van der Waals surface area contributed by atoms with Gasteiger partial charge < -0.3 is 14.8 Å². The van der Waals surface area contributed by atoms with Crippen LogP contribution in [0.5, 0.6) is 0 Å². The molecule has 0 amide bonds. The van der Waals surface area contributed by atoms with Crippen LogP contribution in [0.25, 0.3) is 0 Å². The molecule has 2 saturated heterocycles. The fourth-order valence-electron chi connectivity index (χ4n) is 2.79. The van der Waals surface area contributed by atoms with Crippen molar-refractivity contribution in [3.8, 4) is 0 Å². The lowest BCUT2D eigenvalue weighted by molar-refractivity contribution is 0.0798. The van der Waals surface area contributed by atoms with Crippen LogP contribution in [0.15, 0.2) is 0 Å². The molecule has 2 fully saturated rings. The van der Waals surface area contributed by atoms with Crippen molar-refractivity contribution in [1.82, 2.24) is 5.32 Å². The van der Waals surface area contributed by atoms with Crippen LogP contribution >= 0.6 is 0 Å². The highest BCUT2D eigenvalue weighted by molar-refractivity contribution is 7.92. The Bertz CT molecular complexity index is 365. The quantitative estimate of drug-likeness (QED) is 0.782. The second kappa shape index (κ2) is 7.02. The summed E-state index contributed by atoms with van der Waals surface area (Å²) in [7, 11) is -3.16. The first-order valence-electron chi connectivity index (χ1n) is 7.28. The number of hydrogen-bond donors (Lipinski definition) is 1. The van der Waals surface area contributed by atoms with Gasteiger partial charge in [0.2, 0.25) is 0 Å². The molecule has 19 heavy (non-hydrogen) atoms. The van der Waals surface area contributed by atoms with Gasteiger partial charge in [-0.25, -0.2) is 8.42 Å². The highest BCUT2D eigenvalue weighted by Crippen LogP contribution is 2.21. The summed E-state index contributed by atoms with van der Waals surface area (Å²) in [6.45, 7) is 4.60. The Kier molecular flexibility index (Phi) is 5.62. The van der Waals surface area contributed by atoms with E-state index in [0.29, 0.717) is 19.8 Å². The lowest BCUT2D eigenvalue weighted by Crippen LogP contribution is -2.52. The van der Waals surface area contributed by atoms with Crippen LogP contribution in [0.4, 0.5) is 0 Å². The summed E-state index contributed by atoms with van der Waals surface area (Å²) in [5.41, 5.74) is 0. The van der Waals surface area contributed by atoms with Gasteiger partial charge in [-0.1, -0.05) is 6.92 Å². The average Bonchev–Trinajstić information content (AvgIpc) is 2.88. The fourth-order valence-corrected chi connectivity index (χ4v) is 4.85. The van der Waals surface area contributed by atoms with Crippen LogP contribution in [0, 0.1) is 0 Å². The van der Waals surface area contributed by atoms with E-state index in [0.717, 1.165) is 32.2 Å². The molecule has 0 aromatic rings. The van der Waals surface area contributed by atoms with E-state index in [-0.39, 0.29) is 17.9 Å². The first-order chi connectivity index (χ1) is 9.13. The van der Waals surface area contributed by atoms with E-state index in [9.17, 15) is 8.42 Å². The van der Waals surface area contributed by atoms with Gasteiger partial charge in [-0.05, 0) is 32.2 Å². The molecule has 3 unspecified atom stereocenters. The molecular weight excluding hydrogens is 266 g/mol. The molecule has 6 heteroatoms. The van der Waals surface area contributed by atoms with E-state index in [1.165, 1.54) is 0 Å². The Hall–Kier alpha value is -0.170. The van der Waals surface area contributed by atoms with Gasteiger partial charge in [0.15, 0.2) is 9.84 Å². The number of rotatable bonds is 6. The molecule has 0 radical (unpaired) electrons. The molecule has 0 saturated carbocycles. The monoisotopic (exact) mass is 291 g/mol. The van der Waals surface area contributed by atoms with Crippen molar-refractivity contribution >= 4 is 9.84 Å². The largest absolute Gasteiger partial charge is 0.380 e. The Morgan fingerprint density at radius 1 is 1.26 bits per heavy atom. The first kappa shape index (κ1) is 15.2. The summed E-state index contributed by atoms with van der Waals surface area (Å²) in [6.07, 6.45) is 3.50. The van der Waals surface area contributed by atoms with Gasteiger partial charge in [-0.15, -0.1) is 0 Å². The standard InChI is InChI=1S/C13H25NO4S/c1-2-6-14-12-5-8-17-9-13(12)19(15,16)10-11-4-3-7-18-11/h11-14H,2-10H2,1H3. The molecule has 2 aliphatic heterocycles. The van der Waals surface area contributed by atoms with Gasteiger partial charge >= 0.3 is 0 Å². The van der Waals surface area contributed by atoms with Crippen LogP contribution < -0.4 is 5.32 Å². The third kappa shape index (κ3) is 4.15. The van der Waals surface area contributed by atoms with Crippen molar-refractivity contribution in [3.63, 3.8) is 0 Å². The van der Waals surface area contributed by atoms with Gasteiger partial charge in [0.1, 0.15) is 5.25 Å². The lowest BCUT2D eigenvalue weighted by atomic mass is 10.1. The van der Waals surface area contributed by atoms with Crippen molar-refractivity contribution in [1.29, 1.82) is 0 Å². The summed E-state index contributed by atoms with van der Waals surface area (Å²) in [6, 6.07) is 0.0279. The van der Waals surface area contributed by atoms with E-state index in [4.69, 9.17) is 9.47 Å². The minimum Gasteiger partial charge on any atom is -0.380 e. The summed E-state index contributed by atoms with van der Waals surface area (Å²) >= 11 is 0. The zero-order valence-corrected chi connectivity index (χ0v) is 12.5. The van der Waals surface area contributed by atoms with Crippen LogP contribution in [0.2, 0.25) is 0 Å². The maximum atomic E-state index is 12.5. The van der Waals surface area contributed by atoms with Crippen molar-refractivity contribution in [2.24, 2.45) is 0 Å². The second-order valence-electron chi connectivity index (χ2n) is 5.43. The molecule has 0 aliphatic carbocycles. The third-order valence-corrected chi connectivity index (χ3v) is 6.09. The number of ether oxygens (including phenoxy) is 2. The predicted molar refractivity (Wildman–Crippen MR) is 74.1 cm³/mol. The summed E-state index contributed by atoms with van der Waals surface area (Å²) < 4.78 is 35.9. The van der Waals surface area contributed by atoms with Crippen molar-refractivity contribution in [2.75, 3.05) is 32.1 Å². The van der Waals surface area contributed by atoms with Crippen molar-refractivity contribution in [3.05, 3.63) is 0 Å². The molecule has 0 spiro atoms. The smallest absolute Gasteiger partial charge is 0.159 e. The lowest BCUT2D eigenvalue weighted by Gasteiger charge is -2.32. The normalized spacial score (nSPS) is 32.6. The zero-order valence-electron chi connectivity index (χ0n) is 11.6. The molecule has 2 aliphatic rings. The van der Waals surface area contributed by atoms with E-state index in [2.05, 4.69) is 12.2 Å². The van der Waals surface area contributed by atoms with Crippen molar-refractivity contribution < 1.29 is 17.9 Å². The Morgan fingerprint density at radius 2 is 2.11 bits per heavy atom. The molecule has 0 aromatic carbocycles. The maximum absolute atomic E-state index is 12.5. The SMILES string of the molecule is CCCNC1CCOCC1S(=O)(=O)CC1CCCO1. The predicted octanol–water partition coefficient (Wildman–Crippen LogP) is 0.737. The number of nitrogens with one attached hydrogen (secondary N) is 1. The highest BCUT2D eigenvalue weighted by atomic mass is 32.2. The minimum atomic E-state index is -3.16. The maximum Gasteiger partial charge on any atom is 0.159 e. The molecule has 112 valence electrons. The van der Waals surface area contributed by atoms with Crippen LogP contribution in [-0.4, -0.2) is 57.9 Å². The molecule has 2 heterocycles. The first-order valence-corrected chi connectivity index (χ1v) is 8.99. The van der Waals surface area contributed by atoms with Crippen LogP contribution in [0.3, 0.4) is 0 Å². The van der Waals surface area contributed by atoms with Gasteiger partial charge in [-0.2, -0.15) is 0 Å². The summed E-state index contributed by atoms with van der Waals surface area (Å²) in [4.78, 5) is 0. The Labute approximate surface area is 116 Å². The van der Waals surface area contributed by atoms with Crippen molar-refractivity contribution in [2.45, 2.75) is 50.0 Å². The molecule has 1 N–H and O–H groups in total. The molecule has 3 atom stereocenters. The molecule has 0 aromatic heterocycles. The summed E-state index contributed by atoms with van der Waals surface area (Å²) in [5, 5.41) is 2.93. The molecule has 2 rings (SSSR count). The highest BCUT2D eigenvalue weighted by Gasteiger charge is 2.37. The minimum absolute atomic E-state index is 0.0279. The van der Waals surface area contributed by atoms with E-state index in [1.54, 1.807) is 0 Å².